The van der Waals surface area contributed by atoms with E-state index in [0.29, 0.717) is 15.6 Å². The molecule has 1 aliphatic heterocycles. The van der Waals surface area contributed by atoms with Crippen molar-refractivity contribution in [2.24, 2.45) is 0 Å². The molecule has 8 heteroatoms. The van der Waals surface area contributed by atoms with Crippen molar-refractivity contribution in [3.05, 3.63) is 48.1 Å². The van der Waals surface area contributed by atoms with Crippen molar-refractivity contribution in [3.8, 4) is 10.7 Å². The van der Waals surface area contributed by atoms with Gasteiger partial charge >= 0.3 is 0 Å². The molecule has 1 amide bonds. The van der Waals surface area contributed by atoms with Gasteiger partial charge in [0.2, 0.25) is 0 Å². The zero-order chi connectivity index (χ0) is 16.4. The van der Waals surface area contributed by atoms with Crippen molar-refractivity contribution >= 4 is 17.2 Å². The number of likely N-dealkylation sites (tertiary alicyclic amines) is 1. The summed E-state index contributed by atoms with van der Waals surface area (Å²) in [6.07, 6.45) is 12.3. The molecule has 7 nitrogen and oxygen atoms in total. The lowest BCUT2D eigenvalue weighted by Crippen LogP contribution is -2.37. The minimum absolute atomic E-state index is 0.0392. The van der Waals surface area contributed by atoms with E-state index >= 15 is 0 Å². The van der Waals surface area contributed by atoms with Crippen molar-refractivity contribution in [1.82, 2.24) is 29.6 Å². The fourth-order valence-electron chi connectivity index (χ4n) is 2.96. The van der Waals surface area contributed by atoms with E-state index in [-0.39, 0.29) is 11.9 Å². The molecule has 1 saturated heterocycles. The number of hydrogen-bond acceptors (Lipinski definition) is 6. The molecule has 4 heterocycles. The number of carbonyl (C=O) groups is 1. The Morgan fingerprint density at radius 1 is 1.25 bits per heavy atom. The predicted octanol–water partition coefficient (Wildman–Crippen LogP) is 2.10. The lowest BCUT2D eigenvalue weighted by molar-refractivity contribution is 0.0726. The van der Waals surface area contributed by atoms with Crippen LogP contribution in [0, 0.1) is 0 Å². The van der Waals surface area contributed by atoms with Crippen LogP contribution >= 0.6 is 11.3 Å². The van der Waals surface area contributed by atoms with Gasteiger partial charge in [0.15, 0.2) is 0 Å². The fraction of sp³-hybridized carbons (Fsp3) is 0.312. The van der Waals surface area contributed by atoms with Gasteiger partial charge in [0.25, 0.3) is 5.91 Å². The maximum Gasteiger partial charge on any atom is 0.265 e. The highest BCUT2D eigenvalue weighted by molar-refractivity contribution is 7.16. The van der Waals surface area contributed by atoms with Gasteiger partial charge in [-0.2, -0.15) is 5.10 Å². The summed E-state index contributed by atoms with van der Waals surface area (Å²) in [7, 11) is 0. The molecule has 122 valence electrons. The highest BCUT2D eigenvalue weighted by atomic mass is 32.1. The number of rotatable bonds is 4. The summed E-state index contributed by atoms with van der Waals surface area (Å²) in [6, 6.07) is 2.08. The second kappa shape index (κ2) is 6.48. The number of hydrogen-bond donors (Lipinski definition) is 0. The van der Waals surface area contributed by atoms with Crippen LogP contribution in [0.2, 0.25) is 0 Å². The first-order valence-corrected chi connectivity index (χ1v) is 8.63. The summed E-state index contributed by atoms with van der Waals surface area (Å²) in [5, 5.41) is 4.96. The smallest absolute Gasteiger partial charge is 0.265 e. The fourth-order valence-corrected chi connectivity index (χ4v) is 3.79. The molecule has 1 fully saturated rings. The quantitative estimate of drug-likeness (QED) is 0.727. The van der Waals surface area contributed by atoms with Gasteiger partial charge < -0.3 is 4.90 Å². The van der Waals surface area contributed by atoms with Crippen LogP contribution in [-0.2, 0) is 6.54 Å². The predicted molar refractivity (Wildman–Crippen MR) is 89.4 cm³/mol. The van der Waals surface area contributed by atoms with E-state index in [1.807, 2.05) is 21.8 Å². The Bertz CT molecular complexity index is 816. The molecular weight excluding hydrogens is 324 g/mol. The summed E-state index contributed by atoms with van der Waals surface area (Å²) < 4.78 is 1.88. The van der Waals surface area contributed by atoms with Crippen LogP contribution in [0.15, 0.2) is 43.2 Å². The molecule has 24 heavy (non-hydrogen) atoms. The number of carbonyl (C=O) groups excluding carboxylic acids is 1. The van der Waals surface area contributed by atoms with Crippen molar-refractivity contribution < 1.29 is 4.79 Å². The van der Waals surface area contributed by atoms with Crippen molar-refractivity contribution in [2.75, 3.05) is 6.54 Å². The highest BCUT2D eigenvalue weighted by Gasteiger charge is 2.30. The summed E-state index contributed by atoms with van der Waals surface area (Å²) in [6.45, 7) is 1.51. The number of thiazole rings is 1. The van der Waals surface area contributed by atoms with Crippen molar-refractivity contribution in [2.45, 2.75) is 25.4 Å². The highest BCUT2D eigenvalue weighted by Crippen LogP contribution is 2.27. The van der Waals surface area contributed by atoms with E-state index in [9.17, 15) is 4.79 Å². The molecule has 0 unspecified atom stereocenters. The van der Waals surface area contributed by atoms with Crippen molar-refractivity contribution in [1.29, 1.82) is 0 Å². The molecule has 0 aromatic carbocycles. The van der Waals surface area contributed by atoms with Gasteiger partial charge in [-0.05, 0) is 18.9 Å². The van der Waals surface area contributed by atoms with Crippen LogP contribution in [0.3, 0.4) is 0 Å². The Morgan fingerprint density at radius 2 is 2.21 bits per heavy atom. The zero-order valence-electron chi connectivity index (χ0n) is 12.9. The number of aromatic nitrogens is 5. The normalized spacial score (nSPS) is 17.3. The van der Waals surface area contributed by atoms with Crippen LogP contribution in [0.4, 0.5) is 0 Å². The largest absolute Gasteiger partial charge is 0.333 e. The standard InChI is InChI=1S/C16H16N6OS/c23-16(14-10-19-15(24-14)13-9-17-5-6-18-13)22-8-1-3-12(22)11-21-7-2-4-20-21/h2,4-7,9-10,12H,1,3,8,11H2/t12-/m0/s1. The van der Waals surface area contributed by atoms with Gasteiger partial charge in [-0.15, -0.1) is 11.3 Å². The van der Waals surface area contributed by atoms with Gasteiger partial charge in [-0.1, -0.05) is 0 Å². The number of nitrogens with zero attached hydrogens (tertiary/aromatic N) is 6. The second-order valence-electron chi connectivity index (χ2n) is 5.64. The summed E-state index contributed by atoms with van der Waals surface area (Å²) in [5.74, 6) is 0.0392. The molecule has 1 atom stereocenters. The lowest BCUT2D eigenvalue weighted by atomic mass is 10.2. The molecule has 0 saturated carbocycles. The molecule has 0 radical (unpaired) electrons. The third-order valence-electron chi connectivity index (χ3n) is 4.09. The first-order valence-electron chi connectivity index (χ1n) is 7.82. The Balaban J connectivity index is 1.52. The minimum atomic E-state index is 0.0392. The summed E-state index contributed by atoms with van der Waals surface area (Å²) in [4.78, 5) is 28.1. The molecule has 4 rings (SSSR count). The molecule has 0 N–H and O–H groups in total. The van der Waals surface area contributed by atoms with E-state index in [4.69, 9.17) is 0 Å². The molecule has 1 aliphatic rings. The summed E-state index contributed by atoms with van der Waals surface area (Å²) >= 11 is 1.36. The average Bonchev–Trinajstić information content (AvgIpc) is 3.37. The van der Waals surface area contributed by atoms with Crippen LogP contribution in [-0.4, -0.2) is 48.1 Å². The topological polar surface area (TPSA) is 76.8 Å². The van der Waals surface area contributed by atoms with Crippen LogP contribution in [0.5, 0.6) is 0 Å². The van der Waals surface area contributed by atoms with Crippen LogP contribution in [0.25, 0.3) is 10.7 Å². The lowest BCUT2D eigenvalue weighted by Gasteiger charge is -2.24. The molecular formula is C16H16N6OS. The Morgan fingerprint density at radius 3 is 3.00 bits per heavy atom. The Kier molecular flexibility index (Phi) is 4.04. The van der Waals surface area contributed by atoms with E-state index < -0.39 is 0 Å². The molecule has 0 aliphatic carbocycles. The van der Waals surface area contributed by atoms with Crippen molar-refractivity contribution in [3.63, 3.8) is 0 Å². The average molecular weight is 340 g/mol. The second-order valence-corrected chi connectivity index (χ2v) is 6.67. The maximum atomic E-state index is 12.9. The monoisotopic (exact) mass is 340 g/mol. The molecule has 3 aromatic rings. The first-order chi connectivity index (χ1) is 11.8. The van der Waals surface area contributed by atoms with Gasteiger partial charge in [0, 0.05) is 31.3 Å². The third kappa shape index (κ3) is 2.92. The molecule has 3 aromatic heterocycles. The van der Waals surface area contributed by atoms with E-state index in [1.165, 1.54) is 11.3 Å². The van der Waals surface area contributed by atoms with Gasteiger partial charge in [-0.25, -0.2) is 4.98 Å². The minimum Gasteiger partial charge on any atom is -0.333 e. The van der Waals surface area contributed by atoms with Gasteiger partial charge in [-0.3, -0.25) is 19.4 Å². The summed E-state index contributed by atoms with van der Waals surface area (Å²) in [5.41, 5.74) is 0.691. The zero-order valence-corrected chi connectivity index (χ0v) is 13.8. The van der Waals surface area contributed by atoms with Gasteiger partial charge in [0.1, 0.15) is 15.6 Å². The van der Waals surface area contributed by atoms with E-state index in [0.717, 1.165) is 25.9 Å². The Hall–Kier alpha value is -2.61. The Labute approximate surface area is 143 Å². The maximum absolute atomic E-state index is 12.9. The van der Waals surface area contributed by atoms with E-state index in [2.05, 4.69) is 20.1 Å². The molecule has 0 spiro atoms. The first kappa shape index (κ1) is 14.9. The van der Waals surface area contributed by atoms with E-state index in [1.54, 1.807) is 31.0 Å². The van der Waals surface area contributed by atoms with Crippen LogP contribution in [0.1, 0.15) is 22.5 Å². The van der Waals surface area contributed by atoms with Crippen LogP contribution < -0.4 is 0 Å². The SMILES string of the molecule is O=C(c1cnc(-c2cnccn2)s1)N1CCC[C@H]1Cn1cccn1. The van der Waals surface area contributed by atoms with Gasteiger partial charge in [0.05, 0.1) is 25.0 Å². The number of amides is 1. The third-order valence-corrected chi connectivity index (χ3v) is 5.10. The molecule has 0 bridgehead atoms.